The lowest BCUT2D eigenvalue weighted by Crippen LogP contribution is -2.50. The number of hydrogen-bond acceptors (Lipinski definition) is 5. The highest BCUT2D eigenvalue weighted by atomic mass is 16.5. The molecular formula is C14H30N2O3. The maximum Gasteiger partial charge on any atom is 0.0701 e. The molecule has 1 saturated heterocycles. The van der Waals surface area contributed by atoms with Crippen molar-refractivity contribution in [1.29, 1.82) is 0 Å². The van der Waals surface area contributed by atoms with Gasteiger partial charge in [-0.2, -0.15) is 0 Å². The Bertz CT molecular complexity index is 199. The van der Waals surface area contributed by atoms with Crippen molar-refractivity contribution in [2.75, 3.05) is 65.8 Å². The fourth-order valence-electron chi connectivity index (χ4n) is 1.99. The van der Waals surface area contributed by atoms with Crippen LogP contribution in [-0.2, 0) is 14.2 Å². The molecule has 1 heterocycles. The number of nitrogens with two attached hydrogens (primary N) is 1. The monoisotopic (exact) mass is 274 g/mol. The summed E-state index contributed by atoms with van der Waals surface area (Å²) in [5, 5.41) is 0. The van der Waals surface area contributed by atoms with Crippen LogP contribution in [0.3, 0.4) is 0 Å². The average molecular weight is 274 g/mol. The third-order valence-corrected chi connectivity index (χ3v) is 3.30. The minimum absolute atomic E-state index is 0.655. The molecule has 0 aromatic carbocycles. The van der Waals surface area contributed by atoms with E-state index in [-0.39, 0.29) is 0 Å². The Kier molecular flexibility index (Phi) is 10.3. The first-order chi connectivity index (χ1) is 9.36. The van der Waals surface area contributed by atoms with Crippen LogP contribution in [0.2, 0.25) is 0 Å². The summed E-state index contributed by atoms with van der Waals surface area (Å²) in [6.07, 6.45) is 2.31. The molecule has 0 spiro atoms. The van der Waals surface area contributed by atoms with E-state index in [4.69, 9.17) is 19.9 Å². The van der Waals surface area contributed by atoms with Crippen LogP contribution in [0, 0.1) is 5.92 Å². The van der Waals surface area contributed by atoms with Gasteiger partial charge in [0.25, 0.3) is 0 Å². The number of hydrogen-bond donors (Lipinski definition) is 1. The van der Waals surface area contributed by atoms with Crippen molar-refractivity contribution in [3.8, 4) is 0 Å². The summed E-state index contributed by atoms with van der Waals surface area (Å²) < 4.78 is 16.3. The minimum Gasteiger partial charge on any atom is -0.379 e. The van der Waals surface area contributed by atoms with E-state index < -0.39 is 0 Å². The highest BCUT2D eigenvalue weighted by Crippen LogP contribution is 2.12. The zero-order valence-corrected chi connectivity index (χ0v) is 12.3. The summed E-state index contributed by atoms with van der Waals surface area (Å²) in [7, 11) is 0. The van der Waals surface area contributed by atoms with Crippen molar-refractivity contribution >= 4 is 0 Å². The van der Waals surface area contributed by atoms with Gasteiger partial charge in [-0.1, -0.05) is 13.3 Å². The third kappa shape index (κ3) is 8.55. The Hall–Kier alpha value is -0.200. The summed E-state index contributed by atoms with van der Waals surface area (Å²) >= 11 is 0. The van der Waals surface area contributed by atoms with Crippen molar-refractivity contribution in [2.45, 2.75) is 19.8 Å². The van der Waals surface area contributed by atoms with E-state index >= 15 is 0 Å². The largest absolute Gasteiger partial charge is 0.379 e. The van der Waals surface area contributed by atoms with Gasteiger partial charge in [-0.3, -0.25) is 0 Å². The Labute approximate surface area is 117 Å². The number of nitrogens with zero attached hydrogens (tertiary/aromatic N) is 1. The van der Waals surface area contributed by atoms with Gasteiger partial charge in [0.2, 0.25) is 0 Å². The molecule has 1 aliphatic rings. The maximum atomic E-state index is 5.57. The van der Waals surface area contributed by atoms with Crippen molar-refractivity contribution < 1.29 is 14.2 Å². The lowest BCUT2D eigenvalue weighted by molar-refractivity contribution is 0.00205. The summed E-state index contributed by atoms with van der Waals surface area (Å²) in [5.74, 6) is 0.705. The molecule has 1 aliphatic heterocycles. The number of ether oxygens (including phenoxy) is 3. The topological polar surface area (TPSA) is 57.0 Å². The van der Waals surface area contributed by atoms with Gasteiger partial charge in [-0.25, -0.2) is 0 Å². The van der Waals surface area contributed by atoms with Gasteiger partial charge in [0.1, 0.15) is 0 Å². The molecule has 0 aromatic heterocycles. The minimum atomic E-state index is 0.655. The van der Waals surface area contributed by atoms with Gasteiger partial charge in [-0.15, -0.1) is 0 Å². The van der Waals surface area contributed by atoms with Crippen LogP contribution in [0.15, 0.2) is 0 Å². The fourth-order valence-corrected chi connectivity index (χ4v) is 1.99. The van der Waals surface area contributed by atoms with Gasteiger partial charge in [0, 0.05) is 26.2 Å². The summed E-state index contributed by atoms with van der Waals surface area (Å²) in [5.41, 5.74) is 5.57. The predicted octanol–water partition coefficient (Wildman–Crippen LogP) is 0.727. The Balaban J connectivity index is 1.68. The van der Waals surface area contributed by atoms with E-state index in [0.29, 0.717) is 32.3 Å². The maximum absolute atomic E-state index is 5.57. The summed E-state index contributed by atoms with van der Waals surface area (Å²) in [4.78, 5) is 2.37. The third-order valence-electron chi connectivity index (χ3n) is 3.30. The zero-order chi connectivity index (χ0) is 13.8. The first-order valence-corrected chi connectivity index (χ1v) is 7.52. The molecule has 5 heteroatoms. The second-order valence-electron chi connectivity index (χ2n) is 5.05. The van der Waals surface area contributed by atoms with E-state index in [1.165, 1.54) is 6.42 Å². The highest BCUT2D eigenvalue weighted by Gasteiger charge is 2.24. The fraction of sp³-hybridized carbons (Fsp3) is 1.00. The molecule has 0 saturated carbocycles. The second kappa shape index (κ2) is 11.6. The van der Waals surface area contributed by atoms with Crippen molar-refractivity contribution in [3.05, 3.63) is 0 Å². The zero-order valence-electron chi connectivity index (χ0n) is 12.3. The second-order valence-corrected chi connectivity index (χ2v) is 5.05. The van der Waals surface area contributed by atoms with Crippen LogP contribution in [0.25, 0.3) is 0 Å². The first-order valence-electron chi connectivity index (χ1n) is 7.52. The predicted molar refractivity (Wildman–Crippen MR) is 76.3 cm³/mol. The number of rotatable bonds is 13. The molecule has 1 rings (SSSR count). The van der Waals surface area contributed by atoms with Crippen LogP contribution >= 0.6 is 0 Å². The molecule has 0 aliphatic carbocycles. The van der Waals surface area contributed by atoms with Crippen LogP contribution in [-0.4, -0.2) is 70.7 Å². The van der Waals surface area contributed by atoms with Crippen LogP contribution in [0.4, 0.5) is 0 Å². The smallest absolute Gasteiger partial charge is 0.0701 e. The first kappa shape index (κ1) is 16.9. The molecule has 5 nitrogen and oxygen atoms in total. The highest BCUT2D eigenvalue weighted by molar-refractivity contribution is 4.79. The van der Waals surface area contributed by atoms with Crippen LogP contribution in [0.5, 0.6) is 0 Å². The van der Waals surface area contributed by atoms with E-state index in [9.17, 15) is 0 Å². The van der Waals surface area contributed by atoms with E-state index in [0.717, 1.165) is 45.8 Å². The molecule has 0 radical (unpaired) electrons. The molecule has 1 fully saturated rings. The van der Waals surface area contributed by atoms with Gasteiger partial charge >= 0.3 is 0 Å². The molecule has 0 atom stereocenters. The lowest BCUT2D eigenvalue weighted by atomic mass is 10.0. The van der Waals surface area contributed by atoms with Crippen molar-refractivity contribution in [1.82, 2.24) is 4.90 Å². The van der Waals surface area contributed by atoms with Gasteiger partial charge < -0.3 is 24.8 Å². The summed E-state index contributed by atoms with van der Waals surface area (Å²) in [6, 6.07) is 0. The molecule has 0 bridgehead atoms. The molecule has 0 amide bonds. The Morgan fingerprint density at radius 3 is 2.11 bits per heavy atom. The molecule has 0 aromatic rings. The molecular weight excluding hydrogens is 244 g/mol. The van der Waals surface area contributed by atoms with Gasteiger partial charge in [0.15, 0.2) is 0 Å². The van der Waals surface area contributed by atoms with Gasteiger partial charge in [0.05, 0.1) is 33.0 Å². The lowest BCUT2D eigenvalue weighted by Gasteiger charge is -2.38. The van der Waals surface area contributed by atoms with Gasteiger partial charge in [-0.05, 0) is 18.9 Å². The molecule has 19 heavy (non-hydrogen) atoms. The van der Waals surface area contributed by atoms with Crippen molar-refractivity contribution in [3.63, 3.8) is 0 Å². The molecule has 0 unspecified atom stereocenters. The Morgan fingerprint density at radius 1 is 0.947 bits per heavy atom. The summed E-state index contributed by atoms with van der Waals surface area (Å²) in [6.45, 7) is 10.5. The Morgan fingerprint density at radius 2 is 1.53 bits per heavy atom. The van der Waals surface area contributed by atoms with E-state index in [2.05, 4.69) is 11.8 Å². The molecule has 114 valence electrons. The SMILES string of the molecule is CCCCOCCOCCOCCN1CC(CN)C1. The molecule has 2 N–H and O–H groups in total. The van der Waals surface area contributed by atoms with E-state index in [1.807, 2.05) is 0 Å². The quantitative estimate of drug-likeness (QED) is 0.502. The normalized spacial score (nSPS) is 16.7. The standard InChI is InChI=1S/C14H30N2O3/c1-2-3-5-17-7-9-19-10-8-18-6-4-16-12-14(11-15)13-16/h14H,2-13,15H2,1H3. The number of unbranched alkanes of at least 4 members (excludes halogenated alkanes) is 1. The number of likely N-dealkylation sites (tertiary alicyclic amines) is 1. The van der Waals surface area contributed by atoms with Crippen molar-refractivity contribution in [2.24, 2.45) is 11.7 Å². The van der Waals surface area contributed by atoms with Crippen LogP contribution in [0.1, 0.15) is 19.8 Å². The van der Waals surface area contributed by atoms with E-state index in [1.54, 1.807) is 0 Å². The van der Waals surface area contributed by atoms with Crippen LogP contribution < -0.4 is 5.73 Å². The average Bonchev–Trinajstić information content (AvgIpc) is 2.38.